The zero-order valence-corrected chi connectivity index (χ0v) is 10.6. The van der Waals surface area contributed by atoms with Crippen molar-refractivity contribution in [3.8, 4) is 5.75 Å². The number of para-hydroxylation sites is 1. The van der Waals surface area contributed by atoms with Crippen LogP contribution >= 0.6 is 0 Å². The Bertz CT molecular complexity index is 377. The normalized spacial score (nSPS) is 10.1. The van der Waals surface area contributed by atoms with Crippen molar-refractivity contribution >= 4 is 5.97 Å². The molecule has 0 radical (unpaired) electrons. The van der Waals surface area contributed by atoms with Gasteiger partial charge in [-0.1, -0.05) is 12.1 Å². The minimum absolute atomic E-state index is 0.337. The summed E-state index contributed by atoms with van der Waals surface area (Å²) in [5.74, 6) is 0.275. The molecule has 0 saturated carbocycles. The van der Waals surface area contributed by atoms with Crippen LogP contribution in [0.1, 0.15) is 22.8 Å². The zero-order valence-electron chi connectivity index (χ0n) is 10.6. The van der Waals surface area contributed by atoms with Crippen LogP contribution in [0.15, 0.2) is 18.2 Å². The van der Waals surface area contributed by atoms with Gasteiger partial charge in [0.2, 0.25) is 0 Å². The third-order valence-corrected chi connectivity index (χ3v) is 2.44. The predicted molar refractivity (Wildman–Crippen MR) is 66.6 cm³/mol. The van der Waals surface area contributed by atoms with Gasteiger partial charge in [0.15, 0.2) is 0 Å². The number of rotatable bonds is 6. The Labute approximate surface area is 102 Å². The number of carbonyl (C=O) groups is 1. The Morgan fingerprint density at radius 3 is 2.76 bits per heavy atom. The maximum absolute atomic E-state index is 11.7. The molecule has 94 valence electrons. The molecule has 4 heteroatoms. The maximum Gasteiger partial charge on any atom is 0.341 e. The van der Waals surface area contributed by atoms with Crippen molar-refractivity contribution in [2.75, 3.05) is 27.3 Å². The lowest BCUT2D eigenvalue weighted by Crippen LogP contribution is -2.13. The fourth-order valence-electron chi connectivity index (χ4n) is 1.65. The lowest BCUT2D eigenvalue weighted by atomic mass is 10.1. The second-order valence-electron chi connectivity index (χ2n) is 3.57. The number of esters is 1. The third kappa shape index (κ3) is 3.46. The van der Waals surface area contributed by atoms with Crippen LogP contribution in [-0.4, -0.2) is 33.3 Å². The summed E-state index contributed by atoms with van der Waals surface area (Å²) in [5, 5.41) is 3.07. The molecule has 0 amide bonds. The number of ether oxygens (including phenoxy) is 2. The molecule has 0 heterocycles. The molecular formula is C13H19NO3. The molecule has 0 aliphatic carbocycles. The van der Waals surface area contributed by atoms with Crippen molar-refractivity contribution in [1.29, 1.82) is 0 Å². The van der Waals surface area contributed by atoms with Crippen LogP contribution in [0.4, 0.5) is 0 Å². The van der Waals surface area contributed by atoms with Crippen LogP contribution in [0.3, 0.4) is 0 Å². The van der Waals surface area contributed by atoms with Crippen molar-refractivity contribution in [2.45, 2.75) is 13.3 Å². The summed E-state index contributed by atoms with van der Waals surface area (Å²) < 4.78 is 10.3. The van der Waals surface area contributed by atoms with E-state index in [1.165, 1.54) is 0 Å². The highest BCUT2D eigenvalue weighted by Crippen LogP contribution is 2.24. The summed E-state index contributed by atoms with van der Waals surface area (Å²) in [6.07, 6.45) is 0.812. The monoisotopic (exact) mass is 237 g/mol. The number of hydrogen-bond acceptors (Lipinski definition) is 4. The fourth-order valence-corrected chi connectivity index (χ4v) is 1.65. The molecule has 0 saturated heterocycles. The Balaban J connectivity index is 3.00. The van der Waals surface area contributed by atoms with Gasteiger partial charge in [-0.15, -0.1) is 0 Å². The topological polar surface area (TPSA) is 47.6 Å². The minimum atomic E-state index is -0.337. The molecule has 1 N–H and O–H groups in total. The summed E-state index contributed by atoms with van der Waals surface area (Å²) in [4.78, 5) is 11.7. The minimum Gasteiger partial charge on any atom is -0.496 e. The Morgan fingerprint density at radius 2 is 2.18 bits per heavy atom. The standard InChI is InChI=1S/C13H19NO3/c1-4-17-13(15)11-7-5-6-10(8-9-14-2)12(11)16-3/h5-7,14H,4,8-9H2,1-3H3. The molecule has 17 heavy (non-hydrogen) atoms. The van der Waals surface area contributed by atoms with Crippen molar-refractivity contribution in [3.63, 3.8) is 0 Å². The van der Waals surface area contributed by atoms with Gasteiger partial charge < -0.3 is 14.8 Å². The first-order chi connectivity index (χ1) is 8.24. The van der Waals surface area contributed by atoms with E-state index >= 15 is 0 Å². The molecule has 4 nitrogen and oxygen atoms in total. The van der Waals surface area contributed by atoms with Crippen LogP contribution in [0, 0.1) is 0 Å². The van der Waals surface area contributed by atoms with Gasteiger partial charge in [0, 0.05) is 0 Å². The lowest BCUT2D eigenvalue weighted by molar-refractivity contribution is 0.0522. The maximum atomic E-state index is 11.7. The Hall–Kier alpha value is -1.55. The second-order valence-corrected chi connectivity index (χ2v) is 3.57. The SMILES string of the molecule is CCOC(=O)c1cccc(CCNC)c1OC. The van der Waals surface area contributed by atoms with E-state index in [4.69, 9.17) is 9.47 Å². The molecule has 1 aromatic rings. The first-order valence-electron chi connectivity index (χ1n) is 5.72. The van der Waals surface area contributed by atoms with Crippen molar-refractivity contribution in [1.82, 2.24) is 5.32 Å². The molecule has 0 aromatic heterocycles. The first kappa shape index (κ1) is 13.5. The van der Waals surface area contributed by atoms with Gasteiger partial charge in [0.1, 0.15) is 11.3 Å². The Morgan fingerprint density at radius 1 is 1.41 bits per heavy atom. The third-order valence-electron chi connectivity index (χ3n) is 2.44. The molecule has 0 atom stereocenters. The van der Waals surface area contributed by atoms with Gasteiger partial charge in [-0.3, -0.25) is 0 Å². The quantitative estimate of drug-likeness (QED) is 0.764. The van der Waals surface area contributed by atoms with Gasteiger partial charge in [0.05, 0.1) is 13.7 Å². The highest BCUT2D eigenvalue weighted by molar-refractivity contribution is 5.93. The number of likely N-dealkylation sites (N-methyl/N-ethyl adjacent to an activating group) is 1. The van der Waals surface area contributed by atoms with Crippen molar-refractivity contribution < 1.29 is 14.3 Å². The van der Waals surface area contributed by atoms with E-state index < -0.39 is 0 Å². The van der Waals surface area contributed by atoms with Crippen LogP contribution in [-0.2, 0) is 11.2 Å². The molecule has 0 fully saturated rings. The number of nitrogens with one attached hydrogen (secondary N) is 1. The highest BCUT2D eigenvalue weighted by atomic mass is 16.5. The van der Waals surface area contributed by atoms with Crippen LogP contribution in [0.5, 0.6) is 5.75 Å². The number of hydrogen-bond donors (Lipinski definition) is 1. The van der Waals surface area contributed by atoms with Crippen molar-refractivity contribution in [2.24, 2.45) is 0 Å². The van der Waals surface area contributed by atoms with E-state index in [1.54, 1.807) is 20.1 Å². The van der Waals surface area contributed by atoms with E-state index in [9.17, 15) is 4.79 Å². The van der Waals surface area contributed by atoms with Crippen molar-refractivity contribution in [3.05, 3.63) is 29.3 Å². The van der Waals surface area contributed by atoms with Gasteiger partial charge >= 0.3 is 5.97 Å². The molecule has 1 aromatic carbocycles. The van der Waals surface area contributed by atoms with Gasteiger partial charge in [0.25, 0.3) is 0 Å². The van der Waals surface area contributed by atoms with Gasteiger partial charge in [-0.05, 0) is 38.6 Å². The Kier molecular flexibility index (Phi) is 5.49. The average molecular weight is 237 g/mol. The van der Waals surface area contributed by atoms with Crippen LogP contribution in [0.2, 0.25) is 0 Å². The van der Waals surface area contributed by atoms with Crippen LogP contribution in [0.25, 0.3) is 0 Å². The summed E-state index contributed by atoms with van der Waals surface area (Å²) >= 11 is 0. The van der Waals surface area contributed by atoms with Crippen LogP contribution < -0.4 is 10.1 Å². The fraction of sp³-hybridized carbons (Fsp3) is 0.462. The lowest BCUT2D eigenvalue weighted by Gasteiger charge is -2.12. The van der Waals surface area contributed by atoms with E-state index in [0.717, 1.165) is 18.5 Å². The average Bonchev–Trinajstić information content (AvgIpc) is 2.36. The van der Waals surface area contributed by atoms with Gasteiger partial charge in [-0.25, -0.2) is 4.79 Å². The highest BCUT2D eigenvalue weighted by Gasteiger charge is 2.15. The smallest absolute Gasteiger partial charge is 0.341 e. The predicted octanol–water partition coefficient (Wildman–Crippen LogP) is 1.63. The van der Waals surface area contributed by atoms with E-state index in [2.05, 4.69) is 5.32 Å². The molecule has 0 aliphatic rings. The summed E-state index contributed by atoms with van der Waals surface area (Å²) in [7, 11) is 3.46. The first-order valence-corrected chi connectivity index (χ1v) is 5.72. The largest absolute Gasteiger partial charge is 0.496 e. The summed E-state index contributed by atoms with van der Waals surface area (Å²) in [6, 6.07) is 5.53. The summed E-state index contributed by atoms with van der Waals surface area (Å²) in [6.45, 7) is 2.99. The number of carbonyl (C=O) groups excluding carboxylic acids is 1. The number of benzene rings is 1. The van der Waals surface area contributed by atoms with E-state index in [0.29, 0.717) is 17.9 Å². The summed E-state index contributed by atoms with van der Waals surface area (Å²) in [5.41, 5.74) is 1.50. The van der Waals surface area contributed by atoms with Gasteiger partial charge in [-0.2, -0.15) is 0 Å². The molecule has 1 rings (SSSR count). The van der Waals surface area contributed by atoms with E-state index in [-0.39, 0.29) is 5.97 Å². The number of methoxy groups -OCH3 is 1. The molecule has 0 aliphatic heterocycles. The molecule has 0 unspecified atom stereocenters. The second kappa shape index (κ2) is 6.91. The molecular weight excluding hydrogens is 218 g/mol. The zero-order chi connectivity index (χ0) is 12.7. The molecule has 0 spiro atoms. The van der Waals surface area contributed by atoms with E-state index in [1.807, 2.05) is 19.2 Å². The molecule has 0 bridgehead atoms.